The van der Waals surface area contributed by atoms with Crippen molar-refractivity contribution in [3.8, 4) is 17.2 Å². The van der Waals surface area contributed by atoms with Crippen LogP contribution < -0.4 is 14.2 Å². The summed E-state index contributed by atoms with van der Waals surface area (Å²) in [4.78, 5) is 4.63. The number of piperazine rings is 1. The lowest BCUT2D eigenvalue weighted by atomic mass is 10.0. The fourth-order valence-electron chi connectivity index (χ4n) is 3.08. The fraction of sp³-hybridized carbons (Fsp3) is 0.647. The number of aliphatic hydroxyl groups excluding tert-OH is 1. The van der Waals surface area contributed by atoms with Crippen LogP contribution in [-0.4, -0.2) is 75.6 Å². The first-order valence-electron chi connectivity index (χ1n) is 7.90. The number of rotatable bonds is 6. The van der Waals surface area contributed by atoms with E-state index in [9.17, 15) is 5.11 Å². The van der Waals surface area contributed by atoms with Gasteiger partial charge in [0, 0.05) is 37.3 Å². The minimum absolute atomic E-state index is 0.0300. The number of benzene rings is 1. The molecule has 1 aliphatic rings. The highest BCUT2D eigenvalue weighted by Gasteiger charge is 2.29. The van der Waals surface area contributed by atoms with Crippen LogP contribution in [0.5, 0.6) is 17.2 Å². The summed E-state index contributed by atoms with van der Waals surface area (Å²) in [5, 5.41) is 10.0. The number of aliphatic hydroxyl groups is 1. The second kappa shape index (κ2) is 7.86. The summed E-state index contributed by atoms with van der Waals surface area (Å²) < 4.78 is 16.3. The van der Waals surface area contributed by atoms with E-state index in [1.54, 1.807) is 21.3 Å². The molecule has 2 atom stereocenters. The molecule has 1 aromatic carbocycles. The molecule has 1 aliphatic heterocycles. The molecule has 0 spiro atoms. The minimum atomic E-state index is -0.124. The van der Waals surface area contributed by atoms with Gasteiger partial charge in [-0.05, 0) is 20.0 Å². The van der Waals surface area contributed by atoms with Gasteiger partial charge < -0.3 is 24.2 Å². The van der Waals surface area contributed by atoms with Crippen molar-refractivity contribution in [3.05, 3.63) is 17.7 Å². The van der Waals surface area contributed by atoms with Crippen molar-refractivity contribution in [2.24, 2.45) is 0 Å². The number of nitrogens with zero attached hydrogens (tertiary/aromatic N) is 2. The summed E-state index contributed by atoms with van der Waals surface area (Å²) in [6, 6.07) is 4.04. The standard InChI is InChI=1S/C17H28N2O4/c1-12-10-19(7-6-18(12)2)14(11-20)13-8-16(22-4)17(23-5)9-15(13)21-3/h8-9,12,14,20H,6-7,10-11H2,1-5H3. The third-order valence-electron chi connectivity index (χ3n) is 4.70. The van der Waals surface area contributed by atoms with Crippen molar-refractivity contribution in [1.82, 2.24) is 9.80 Å². The molecule has 1 saturated heterocycles. The van der Waals surface area contributed by atoms with E-state index in [4.69, 9.17) is 14.2 Å². The average molecular weight is 324 g/mol. The molecule has 1 fully saturated rings. The zero-order valence-electron chi connectivity index (χ0n) is 14.7. The molecule has 0 amide bonds. The maximum atomic E-state index is 10.0. The van der Waals surface area contributed by atoms with Crippen LogP contribution in [0.1, 0.15) is 18.5 Å². The molecule has 6 nitrogen and oxygen atoms in total. The number of likely N-dealkylation sites (N-methyl/N-ethyl adjacent to an activating group) is 1. The van der Waals surface area contributed by atoms with Crippen LogP contribution in [0.25, 0.3) is 0 Å². The molecule has 1 N–H and O–H groups in total. The van der Waals surface area contributed by atoms with Crippen LogP contribution in [0, 0.1) is 0 Å². The highest BCUT2D eigenvalue weighted by molar-refractivity contribution is 5.52. The van der Waals surface area contributed by atoms with Crippen LogP contribution in [0.15, 0.2) is 12.1 Å². The highest BCUT2D eigenvalue weighted by atomic mass is 16.5. The summed E-state index contributed by atoms with van der Waals surface area (Å²) >= 11 is 0. The average Bonchev–Trinajstić information content (AvgIpc) is 2.58. The molecule has 130 valence electrons. The Balaban J connectivity index is 2.36. The van der Waals surface area contributed by atoms with E-state index < -0.39 is 0 Å². The van der Waals surface area contributed by atoms with E-state index in [1.165, 1.54) is 0 Å². The first-order chi connectivity index (χ1) is 11.0. The van der Waals surface area contributed by atoms with Crippen molar-refractivity contribution in [3.63, 3.8) is 0 Å². The van der Waals surface area contributed by atoms with Gasteiger partial charge in [-0.1, -0.05) is 0 Å². The van der Waals surface area contributed by atoms with Gasteiger partial charge in [0.1, 0.15) is 5.75 Å². The largest absolute Gasteiger partial charge is 0.496 e. The van der Waals surface area contributed by atoms with Crippen molar-refractivity contribution in [2.45, 2.75) is 19.0 Å². The van der Waals surface area contributed by atoms with Crippen molar-refractivity contribution in [1.29, 1.82) is 0 Å². The van der Waals surface area contributed by atoms with E-state index in [1.807, 2.05) is 12.1 Å². The smallest absolute Gasteiger partial charge is 0.164 e. The number of methoxy groups -OCH3 is 3. The molecular formula is C17H28N2O4. The molecule has 0 saturated carbocycles. The van der Waals surface area contributed by atoms with Gasteiger partial charge in [-0.3, -0.25) is 4.90 Å². The Labute approximate surface area is 138 Å². The third-order valence-corrected chi connectivity index (χ3v) is 4.70. The molecule has 0 aromatic heterocycles. The quantitative estimate of drug-likeness (QED) is 0.853. The van der Waals surface area contributed by atoms with Gasteiger partial charge in [0.15, 0.2) is 11.5 Å². The van der Waals surface area contributed by atoms with Crippen LogP contribution in [0.3, 0.4) is 0 Å². The number of ether oxygens (including phenoxy) is 3. The molecule has 0 radical (unpaired) electrons. The minimum Gasteiger partial charge on any atom is -0.496 e. The molecule has 2 rings (SSSR count). The normalized spacial score (nSPS) is 21.0. The van der Waals surface area contributed by atoms with Crippen LogP contribution >= 0.6 is 0 Å². The molecular weight excluding hydrogens is 296 g/mol. The van der Waals surface area contributed by atoms with Gasteiger partial charge in [0.05, 0.1) is 34.0 Å². The second-order valence-corrected chi connectivity index (χ2v) is 5.97. The van der Waals surface area contributed by atoms with E-state index in [0.717, 1.165) is 25.2 Å². The third kappa shape index (κ3) is 3.71. The molecule has 1 heterocycles. The second-order valence-electron chi connectivity index (χ2n) is 5.97. The Morgan fingerprint density at radius 3 is 2.22 bits per heavy atom. The summed E-state index contributed by atoms with van der Waals surface area (Å²) in [5.41, 5.74) is 0.921. The van der Waals surface area contributed by atoms with Gasteiger partial charge in [-0.25, -0.2) is 0 Å². The van der Waals surface area contributed by atoms with Gasteiger partial charge in [-0.2, -0.15) is 0 Å². The molecule has 23 heavy (non-hydrogen) atoms. The fourth-order valence-corrected chi connectivity index (χ4v) is 3.08. The Kier molecular flexibility index (Phi) is 6.10. The molecule has 0 bridgehead atoms. The lowest BCUT2D eigenvalue weighted by molar-refractivity contribution is 0.0453. The van der Waals surface area contributed by atoms with E-state index in [-0.39, 0.29) is 12.6 Å². The number of hydrogen-bond donors (Lipinski definition) is 1. The van der Waals surface area contributed by atoms with Crippen molar-refractivity contribution >= 4 is 0 Å². The molecule has 2 unspecified atom stereocenters. The van der Waals surface area contributed by atoms with Gasteiger partial charge >= 0.3 is 0 Å². The first kappa shape index (κ1) is 17.8. The Bertz CT molecular complexity index is 524. The maximum Gasteiger partial charge on any atom is 0.164 e. The van der Waals surface area contributed by atoms with E-state index in [2.05, 4.69) is 23.8 Å². The highest BCUT2D eigenvalue weighted by Crippen LogP contribution is 2.39. The molecule has 0 aliphatic carbocycles. The van der Waals surface area contributed by atoms with E-state index in [0.29, 0.717) is 23.3 Å². The van der Waals surface area contributed by atoms with Crippen molar-refractivity contribution in [2.75, 3.05) is 54.6 Å². The summed E-state index contributed by atoms with van der Waals surface area (Å²) in [7, 11) is 6.97. The SMILES string of the molecule is COc1cc(OC)c(C(CO)N2CCN(C)C(C)C2)cc1OC. The van der Waals surface area contributed by atoms with Gasteiger partial charge in [-0.15, -0.1) is 0 Å². The Morgan fingerprint density at radius 1 is 1.09 bits per heavy atom. The Hall–Kier alpha value is -1.50. The summed E-state index contributed by atoms with van der Waals surface area (Å²) in [6.45, 7) is 5.02. The molecule has 6 heteroatoms. The summed E-state index contributed by atoms with van der Waals surface area (Å²) in [6.07, 6.45) is 0. The zero-order valence-corrected chi connectivity index (χ0v) is 14.7. The molecule has 1 aromatic rings. The van der Waals surface area contributed by atoms with E-state index >= 15 is 0 Å². The lowest BCUT2D eigenvalue weighted by Crippen LogP contribution is -2.51. The lowest BCUT2D eigenvalue weighted by Gasteiger charge is -2.41. The zero-order chi connectivity index (χ0) is 17.0. The van der Waals surface area contributed by atoms with Crippen molar-refractivity contribution < 1.29 is 19.3 Å². The Morgan fingerprint density at radius 2 is 1.70 bits per heavy atom. The summed E-state index contributed by atoms with van der Waals surface area (Å²) in [5.74, 6) is 1.97. The van der Waals surface area contributed by atoms with Crippen LogP contribution in [0.2, 0.25) is 0 Å². The van der Waals surface area contributed by atoms with Gasteiger partial charge in [0.2, 0.25) is 0 Å². The predicted molar refractivity (Wildman–Crippen MR) is 89.6 cm³/mol. The van der Waals surface area contributed by atoms with Crippen LogP contribution in [0.4, 0.5) is 0 Å². The topological polar surface area (TPSA) is 54.4 Å². The van der Waals surface area contributed by atoms with Gasteiger partial charge in [0.25, 0.3) is 0 Å². The predicted octanol–water partition coefficient (Wildman–Crippen LogP) is 1.38. The monoisotopic (exact) mass is 324 g/mol. The maximum absolute atomic E-state index is 10.0. The number of hydrogen-bond acceptors (Lipinski definition) is 6. The van der Waals surface area contributed by atoms with Crippen LogP contribution in [-0.2, 0) is 0 Å². The first-order valence-corrected chi connectivity index (χ1v) is 7.90.